The summed E-state index contributed by atoms with van der Waals surface area (Å²) >= 11 is 0. The van der Waals surface area contributed by atoms with E-state index in [0.29, 0.717) is 0 Å². The molecule has 0 aliphatic heterocycles. The van der Waals surface area contributed by atoms with Crippen LogP contribution in [0.2, 0.25) is 0 Å². The van der Waals surface area contributed by atoms with E-state index in [2.05, 4.69) is 10.3 Å². The van der Waals surface area contributed by atoms with E-state index in [1.807, 2.05) is 19.2 Å². The van der Waals surface area contributed by atoms with E-state index in [1.54, 1.807) is 18.3 Å². The lowest BCUT2D eigenvalue weighted by Crippen LogP contribution is -1.90. The molecule has 0 atom stereocenters. The first-order chi connectivity index (χ1) is 7.29. The third-order valence-corrected chi connectivity index (χ3v) is 2.19. The molecule has 0 saturated heterocycles. The highest BCUT2D eigenvalue weighted by atomic mass is 19.1. The SMILES string of the molecule is CNc1ccnc(-c2ccc(F)cc2)c1. The number of rotatable bonds is 2. The second-order valence-corrected chi connectivity index (χ2v) is 3.19. The molecule has 0 bridgehead atoms. The number of nitrogens with zero attached hydrogens (tertiary/aromatic N) is 1. The van der Waals surface area contributed by atoms with Crippen LogP contribution >= 0.6 is 0 Å². The summed E-state index contributed by atoms with van der Waals surface area (Å²) in [5.74, 6) is -0.233. The minimum Gasteiger partial charge on any atom is -0.388 e. The van der Waals surface area contributed by atoms with Crippen molar-refractivity contribution in [1.82, 2.24) is 4.98 Å². The van der Waals surface area contributed by atoms with Crippen LogP contribution in [0, 0.1) is 5.82 Å². The van der Waals surface area contributed by atoms with Gasteiger partial charge in [-0.15, -0.1) is 0 Å². The van der Waals surface area contributed by atoms with Gasteiger partial charge in [0.25, 0.3) is 0 Å². The molecule has 1 N–H and O–H groups in total. The maximum absolute atomic E-state index is 12.7. The lowest BCUT2D eigenvalue weighted by Gasteiger charge is -2.03. The second-order valence-electron chi connectivity index (χ2n) is 3.19. The van der Waals surface area contributed by atoms with Crippen LogP contribution in [-0.4, -0.2) is 12.0 Å². The summed E-state index contributed by atoms with van der Waals surface area (Å²) in [6.45, 7) is 0. The first kappa shape index (κ1) is 9.65. The Balaban J connectivity index is 2.40. The van der Waals surface area contributed by atoms with E-state index in [0.717, 1.165) is 16.9 Å². The summed E-state index contributed by atoms with van der Waals surface area (Å²) in [4.78, 5) is 4.22. The van der Waals surface area contributed by atoms with E-state index in [-0.39, 0.29) is 5.82 Å². The summed E-state index contributed by atoms with van der Waals surface area (Å²) in [6.07, 6.45) is 1.73. The average molecular weight is 202 g/mol. The van der Waals surface area contributed by atoms with Gasteiger partial charge >= 0.3 is 0 Å². The van der Waals surface area contributed by atoms with Gasteiger partial charge in [0.2, 0.25) is 0 Å². The van der Waals surface area contributed by atoms with Crippen molar-refractivity contribution in [2.24, 2.45) is 0 Å². The summed E-state index contributed by atoms with van der Waals surface area (Å²) in [7, 11) is 1.85. The number of halogens is 1. The fourth-order valence-electron chi connectivity index (χ4n) is 1.36. The van der Waals surface area contributed by atoms with E-state index in [1.165, 1.54) is 12.1 Å². The topological polar surface area (TPSA) is 24.9 Å². The molecular weight excluding hydrogens is 191 g/mol. The number of anilines is 1. The molecule has 76 valence electrons. The minimum absolute atomic E-state index is 0.233. The molecule has 3 heteroatoms. The molecule has 2 nitrogen and oxygen atoms in total. The standard InChI is InChI=1S/C12H11FN2/c1-14-11-6-7-15-12(8-11)9-2-4-10(13)5-3-9/h2-8H,1H3,(H,14,15). The molecule has 0 unspecified atom stereocenters. The number of nitrogens with one attached hydrogen (secondary N) is 1. The Bertz CT molecular complexity index is 451. The Morgan fingerprint density at radius 3 is 2.53 bits per heavy atom. The first-order valence-corrected chi connectivity index (χ1v) is 4.69. The molecule has 0 aliphatic carbocycles. The Hall–Kier alpha value is -1.90. The van der Waals surface area contributed by atoms with Crippen molar-refractivity contribution in [1.29, 1.82) is 0 Å². The molecule has 0 fully saturated rings. The molecular formula is C12H11FN2. The van der Waals surface area contributed by atoms with Crippen LogP contribution in [0.25, 0.3) is 11.3 Å². The predicted octanol–water partition coefficient (Wildman–Crippen LogP) is 2.93. The van der Waals surface area contributed by atoms with Crippen LogP contribution in [0.3, 0.4) is 0 Å². The van der Waals surface area contributed by atoms with Gasteiger partial charge in [0, 0.05) is 24.5 Å². The van der Waals surface area contributed by atoms with Crippen LogP contribution < -0.4 is 5.32 Å². The maximum atomic E-state index is 12.7. The quantitative estimate of drug-likeness (QED) is 0.809. The van der Waals surface area contributed by atoms with Gasteiger partial charge in [-0.25, -0.2) is 4.39 Å². The Morgan fingerprint density at radius 1 is 1.13 bits per heavy atom. The number of benzene rings is 1. The van der Waals surface area contributed by atoms with Crippen molar-refractivity contribution >= 4 is 5.69 Å². The predicted molar refractivity (Wildman–Crippen MR) is 59.2 cm³/mol. The summed E-state index contributed by atoms with van der Waals surface area (Å²) in [6, 6.07) is 10.1. The molecule has 2 rings (SSSR count). The van der Waals surface area contributed by atoms with E-state index in [9.17, 15) is 4.39 Å². The highest BCUT2D eigenvalue weighted by Crippen LogP contribution is 2.19. The molecule has 0 radical (unpaired) electrons. The third kappa shape index (κ3) is 2.13. The summed E-state index contributed by atoms with van der Waals surface area (Å²) in [5, 5.41) is 3.03. The molecule has 1 aromatic heterocycles. The number of hydrogen-bond donors (Lipinski definition) is 1. The van der Waals surface area contributed by atoms with E-state index >= 15 is 0 Å². The highest BCUT2D eigenvalue weighted by molar-refractivity contribution is 5.63. The van der Waals surface area contributed by atoms with Crippen LogP contribution in [0.5, 0.6) is 0 Å². The van der Waals surface area contributed by atoms with Gasteiger partial charge in [-0.1, -0.05) is 0 Å². The number of aromatic nitrogens is 1. The van der Waals surface area contributed by atoms with Gasteiger partial charge in [-0.05, 0) is 36.4 Å². The van der Waals surface area contributed by atoms with Crippen molar-refractivity contribution in [2.45, 2.75) is 0 Å². The molecule has 0 amide bonds. The molecule has 1 heterocycles. The lowest BCUT2D eigenvalue weighted by molar-refractivity contribution is 0.628. The highest BCUT2D eigenvalue weighted by Gasteiger charge is 1.99. The average Bonchev–Trinajstić information content (AvgIpc) is 2.30. The molecule has 0 aliphatic rings. The smallest absolute Gasteiger partial charge is 0.123 e. The fourth-order valence-corrected chi connectivity index (χ4v) is 1.36. The van der Waals surface area contributed by atoms with Crippen molar-refractivity contribution in [3.63, 3.8) is 0 Å². The van der Waals surface area contributed by atoms with Gasteiger partial charge in [0.1, 0.15) is 5.82 Å². The van der Waals surface area contributed by atoms with Gasteiger partial charge < -0.3 is 5.32 Å². The van der Waals surface area contributed by atoms with Crippen LogP contribution in [0.1, 0.15) is 0 Å². The van der Waals surface area contributed by atoms with Crippen molar-refractivity contribution < 1.29 is 4.39 Å². The summed E-state index contributed by atoms with van der Waals surface area (Å²) in [5.41, 5.74) is 2.74. The zero-order chi connectivity index (χ0) is 10.7. The van der Waals surface area contributed by atoms with Crippen LogP contribution in [0.4, 0.5) is 10.1 Å². The second kappa shape index (κ2) is 4.09. The molecule has 0 spiro atoms. The number of pyridine rings is 1. The fraction of sp³-hybridized carbons (Fsp3) is 0.0833. The zero-order valence-corrected chi connectivity index (χ0v) is 8.37. The number of hydrogen-bond acceptors (Lipinski definition) is 2. The Morgan fingerprint density at radius 2 is 1.87 bits per heavy atom. The van der Waals surface area contributed by atoms with Crippen molar-refractivity contribution in [2.75, 3.05) is 12.4 Å². The zero-order valence-electron chi connectivity index (χ0n) is 8.37. The van der Waals surface area contributed by atoms with E-state index in [4.69, 9.17) is 0 Å². The Labute approximate surface area is 87.8 Å². The van der Waals surface area contributed by atoms with Gasteiger partial charge in [-0.3, -0.25) is 4.98 Å². The molecule has 2 aromatic rings. The van der Waals surface area contributed by atoms with Gasteiger partial charge in [0.05, 0.1) is 5.69 Å². The molecule has 0 saturated carbocycles. The summed E-state index contributed by atoms with van der Waals surface area (Å²) < 4.78 is 12.7. The Kier molecular flexibility index (Phi) is 2.63. The minimum atomic E-state index is -0.233. The maximum Gasteiger partial charge on any atom is 0.123 e. The van der Waals surface area contributed by atoms with Crippen LogP contribution in [0.15, 0.2) is 42.6 Å². The lowest BCUT2D eigenvalue weighted by atomic mass is 10.1. The van der Waals surface area contributed by atoms with Gasteiger partial charge in [-0.2, -0.15) is 0 Å². The van der Waals surface area contributed by atoms with Crippen LogP contribution in [-0.2, 0) is 0 Å². The molecule has 15 heavy (non-hydrogen) atoms. The largest absolute Gasteiger partial charge is 0.388 e. The first-order valence-electron chi connectivity index (χ1n) is 4.69. The van der Waals surface area contributed by atoms with E-state index < -0.39 is 0 Å². The van der Waals surface area contributed by atoms with Crippen molar-refractivity contribution in [3.8, 4) is 11.3 Å². The van der Waals surface area contributed by atoms with Crippen molar-refractivity contribution in [3.05, 3.63) is 48.4 Å². The van der Waals surface area contributed by atoms with Gasteiger partial charge in [0.15, 0.2) is 0 Å². The monoisotopic (exact) mass is 202 g/mol. The third-order valence-electron chi connectivity index (χ3n) is 2.19. The normalized spacial score (nSPS) is 10.0. The molecule has 1 aromatic carbocycles.